The standard InChI is InChI=1S/C19H36O4/c1-4-7-8-9-10-13-16-22-18(20)14-11-12-15-19(21)23-17(5-2)6-3/h17H,4-16H2,1-3H3. The summed E-state index contributed by atoms with van der Waals surface area (Å²) in [5, 5.41) is 0. The van der Waals surface area contributed by atoms with Gasteiger partial charge in [-0.3, -0.25) is 9.59 Å². The number of esters is 2. The molecule has 0 atom stereocenters. The Morgan fingerprint density at radius 2 is 1.30 bits per heavy atom. The van der Waals surface area contributed by atoms with E-state index in [-0.39, 0.29) is 18.0 Å². The van der Waals surface area contributed by atoms with Gasteiger partial charge in [0, 0.05) is 12.8 Å². The van der Waals surface area contributed by atoms with Gasteiger partial charge in [0.25, 0.3) is 0 Å². The third-order valence-electron chi connectivity index (χ3n) is 3.98. The third-order valence-corrected chi connectivity index (χ3v) is 3.98. The van der Waals surface area contributed by atoms with Crippen molar-refractivity contribution in [1.29, 1.82) is 0 Å². The van der Waals surface area contributed by atoms with Crippen molar-refractivity contribution in [2.75, 3.05) is 6.61 Å². The summed E-state index contributed by atoms with van der Waals surface area (Å²) >= 11 is 0. The largest absolute Gasteiger partial charge is 0.466 e. The van der Waals surface area contributed by atoms with Gasteiger partial charge in [0.1, 0.15) is 6.10 Å². The second-order valence-electron chi connectivity index (χ2n) is 6.12. The number of carbonyl (C=O) groups excluding carboxylic acids is 2. The van der Waals surface area contributed by atoms with Crippen molar-refractivity contribution < 1.29 is 19.1 Å². The normalized spacial score (nSPS) is 10.8. The lowest BCUT2D eigenvalue weighted by atomic mass is 10.1. The highest BCUT2D eigenvalue weighted by Gasteiger charge is 2.10. The van der Waals surface area contributed by atoms with Gasteiger partial charge in [-0.15, -0.1) is 0 Å². The maximum Gasteiger partial charge on any atom is 0.306 e. The lowest BCUT2D eigenvalue weighted by Crippen LogP contribution is -2.16. The molecule has 4 nitrogen and oxygen atoms in total. The lowest BCUT2D eigenvalue weighted by Gasteiger charge is -2.13. The molecule has 4 heteroatoms. The molecule has 0 amide bonds. The second-order valence-corrected chi connectivity index (χ2v) is 6.12. The summed E-state index contributed by atoms with van der Waals surface area (Å²) in [4.78, 5) is 23.2. The number of rotatable bonds is 15. The fourth-order valence-electron chi connectivity index (χ4n) is 2.38. The second kappa shape index (κ2) is 15.8. The first-order chi connectivity index (χ1) is 11.1. The Hall–Kier alpha value is -1.06. The van der Waals surface area contributed by atoms with Crippen LogP contribution in [-0.4, -0.2) is 24.6 Å². The van der Waals surface area contributed by atoms with Crippen LogP contribution in [0.15, 0.2) is 0 Å². The van der Waals surface area contributed by atoms with Crippen LogP contribution in [0.1, 0.15) is 97.8 Å². The number of hydrogen-bond acceptors (Lipinski definition) is 4. The molecule has 0 bridgehead atoms. The van der Waals surface area contributed by atoms with Crippen LogP contribution >= 0.6 is 0 Å². The predicted molar refractivity (Wildman–Crippen MR) is 93.3 cm³/mol. The molecule has 0 radical (unpaired) electrons. The van der Waals surface area contributed by atoms with Crippen LogP contribution in [0.3, 0.4) is 0 Å². The van der Waals surface area contributed by atoms with E-state index in [4.69, 9.17) is 9.47 Å². The van der Waals surface area contributed by atoms with Crippen molar-refractivity contribution >= 4 is 11.9 Å². The summed E-state index contributed by atoms with van der Waals surface area (Å²) in [5.41, 5.74) is 0. The topological polar surface area (TPSA) is 52.6 Å². The zero-order chi connectivity index (χ0) is 17.3. The first kappa shape index (κ1) is 21.9. The van der Waals surface area contributed by atoms with Gasteiger partial charge in [-0.1, -0.05) is 52.9 Å². The van der Waals surface area contributed by atoms with Crippen LogP contribution in [0, 0.1) is 0 Å². The fourth-order valence-corrected chi connectivity index (χ4v) is 2.38. The molecule has 0 saturated heterocycles. The minimum atomic E-state index is -0.154. The molecule has 0 spiro atoms. The summed E-state index contributed by atoms with van der Waals surface area (Å²) in [7, 11) is 0. The molecule has 0 aromatic carbocycles. The Balaban J connectivity index is 3.44. The van der Waals surface area contributed by atoms with Crippen molar-refractivity contribution in [2.24, 2.45) is 0 Å². The molecule has 0 unspecified atom stereocenters. The first-order valence-corrected chi connectivity index (χ1v) is 9.49. The van der Waals surface area contributed by atoms with Crippen LogP contribution in [-0.2, 0) is 19.1 Å². The molecular weight excluding hydrogens is 292 g/mol. The molecule has 136 valence electrons. The molecule has 23 heavy (non-hydrogen) atoms. The molecule has 0 aromatic heterocycles. The summed E-state index contributed by atoms with van der Waals surface area (Å²) in [6.07, 6.45) is 11.0. The quantitative estimate of drug-likeness (QED) is 0.307. The number of carbonyl (C=O) groups is 2. The van der Waals surface area contributed by atoms with Gasteiger partial charge < -0.3 is 9.47 Å². The molecule has 0 aliphatic carbocycles. The summed E-state index contributed by atoms with van der Waals surface area (Å²) in [6, 6.07) is 0. The highest BCUT2D eigenvalue weighted by Crippen LogP contribution is 2.09. The number of hydrogen-bond donors (Lipinski definition) is 0. The van der Waals surface area contributed by atoms with Crippen LogP contribution in [0.25, 0.3) is 0 Å². The molecule has 0 aromatic rings. The minimum Gasteiger partial charge on any atom is -0.466 e. The van der Waals surface area contributed by atoms with Crippen LogP contribution in [0.4, 0.5) is 0 Å². The van der Waals surface area contributed by atoms with Gasteiger partial charge >= 0.3 is 11.9 Å². The van der Waals surface area contributed by atoms with Gasteiger partial charge in [-0.05, 0) is 32.1 Å². The average molecular weight is 328 g/mol. The smallest absolute Gasteiger partial charge is 0.306 e. The van der Waals surface area contributed by atoms with E-state index >= 15 is 0 Å². The van der Waals surface area contributed by atoms with Gasteiger partial charge in [0.05, 0.1) is 6.61 Å². The SMILES string of the molecule is CCCCCCCCOC(=O)CCCCC(=O)OC(CC)CC. The number of unbranched alkanes of at least 4 members (excludes halogenated alkanes) is 6. The Kier molecular flexibility index (Phi) is 15.1. The Morgan fingerprint density at radius 1 is 0.739 bits per heavy atom. The molecule has 0 aliphatic rings. The van der Waals surface area contributed by atoms with E-state index in [1.54, 1.807) is 0 Å². The van der Waals surface area contributed by atoms with Crippen molar-refractivity contribution in [2.45, 2.75) is 104 Å². The van der Waals surface area contributed by atoms with Crippen molar-refractivity contribution in [3.8, 4) is 0 Å². The average Bonchev–Trinajstić information content (AvgIpc) is 2.55. The minimum absolute atomic E-state index is 0.0322. The van der Waals surface area contributed by atoms with Gasteiger partial charge in [0.2, 0.25) is 0 Å². The zero-order valence-electron chi connectivity index (χ0n) is 15.4. The fraction of sp³-hybridized carbons (Fsp3) is 0.895. The maximum absolute atomic E-state index is 11.6. The molecule has 0 rings (SSSR count). The van der Waals surface area contributed by atoms with Gasteiger partial charge in [-0.2, -0.15) is 0 Å². The molecule has 0 fully saturated rings. The molecule has 0 saturated carbocycles. The van der Waals surface area contributed by atoms with Crippen LogP contribution in [0.5, 0.6) is 0 Å². The van der Waals surface area contributed by atoms with Crippen molar-refractivity contribution in [3.63, 3.8) is 0 Å². The predicted octanol–water partition coefficient (Wildman–Crippen LogP) is 5.18. The van der Waals surface area contributed by atoms with E-state index in [9.17, 15) is 9.59 Å². The molecular formula is C19H36O4. The Bertz CT molecular complexity index is 298. The Labute approximate surface area is 142 Å². The summed E-state index contributed by atoms with van der Waals surface area (Å²) in [5.74, 6) is -0.300. The number of ether oxygens (including phenoxy) is 2. The molecule has 0 aliphatic heterocycles. The van der Waals surface area contributed by atoms with E-state index in [1.165, 1.54) is 25.7 Å². The van der Waals surface area contributed by atoms with Crippen molar-refractivity contribution in [3.05, 3.63) is 0 Å². The van der Waals surface area contributed by atoms with Gasteiger partial charge in [0.15, 0.2) is 0 Å². The van der Waals surface area contributed by atoms with Gasteiger partial charge in [-0.25, -0.2) is 0 Å². The van der Waals surface area contributed by atoms with E-state index in [0.717, 1.165) is 25.7 Å². The molecule has 0 heterocycles. The lowest BCUT2D eigenvalue weighted by molar-refractivity contribution is -0.150. The van der Waals surface area contributed by atoms with Crippen LogP contribution in [0.2, 0.25) is 0 Å². The monoisotopic (exact) mass is 328 g/mol. The van der Waals surface area contributed by atoms with E-state index < -0.39 is 0 Å². The molecule has 0 N–H and O–H groups in total. The zero-order valence-corrected chi connectivity index (χ0v) is 15.4. The summed E-state index contributed by atoms with van der Waals surface area (Å²) in [6.45, 7) is 6.76. The van der Waals surface area contributed by atoms with E-state index in [1.807, 2.05) is 13.8 Å². The Morgan fingerprint density at radius 3 is 1.91 bits per heavy atom. The van der Waals surface area contributed by atoms with Crippen LogP contribution < -0.4 is 0 Å². The highest BCUT2D eigenvalue weighted by molar-refractivity contribution is 5.70. The maximum atomic E-state index is 11.6. The highest BCUT2D eigenvalue weighted by atomic mass is 16.5. The first-order valence-electron chi connectivity index (χ1n) is 9.49. The summed E-state index contributed by atoms with van der Waals surface area (Å²) < 4.78 is 10.5. The van der Waals surface area contributed by atoms with E-state index in [2.05, 4.69) is 6.92 Å². The third kappa shape index (κ3) is 14.3. The van der Waals surface area contributed by atoms with E-state index in [0.29, 0.717) is 32.3 Å². The van der Waals surface area contributed by atoms with Crippen molar-refractivity contribution in [1.82, 2.24) is 0 Å².